The van der Waals surface area contributed by atoms with Gasteiger partial charge >= 0.3 is 37.2 Å². The van der Waals surface area contributed by atoms with Crippen molar-refractivity contribution in [3.8, 4) is 0 Å². The van der Waals surface area contributed by atoms with Crippen molar-refractivity contribution in [3.63, 3.8) is 0 Å². The molecule has 0 saturated carbocycles. The second-order valence-electron chi connectivity index (χ2n) is 10.6. The van der Waals surface area contributed by atoms with Crippen molar-refractivity contribution in [2.24, 2.45) is 0 Å². The maximum atomic E-state index is 12.0. The highest BCUT2D eigenvalue weighted by Gasteiger charge is 2.56. The Kier molecular flexibility index (Phi) is 13.4. The minimum atomic E-state index is -5.58. The molecule has 3 heterocycles. The quantitative estimate of drug-likeness (QED) is 0.0776. The molecule has 1 amide bonds. The van der Waals surface area contributed by atoms with Crippen LogP contribution in [-0.4, -0.2) is 180 Å². The summed E-state index contributed by atoms with van der Waals surface area (Å²) in [5.74, 6) is -2.94. The molecule has 286 valence electrons. The van der Waals surface area contributed by atoms with Gasteiger partial charge in [0.15, 0.2) is 25.0 Å². The van der Waals surface area contributed by atoms with Gasteiger partial charge in [0, 0.05) is 6.92 Å². The first-order valence-corrected chi connectivity index (χ1v) is 17.5. The fourth-order valence-electron chi connectivity index (χ4n) is 5.03. The molecule has 49 heavy (non-hydrogen) atoms. The number of amides is 1. The maximum absolute atomic E-state index is 12.0. The molecule has 0 aliphatic carbocycles. The Hall–Kier alpha value is -1.85. The van der Waals surface area contributed by atoms with Crippen LogP contribution >= 0.6 is 0 Å². The first-order valence-electron chi connectivity index (χ1n) is 13.4. The molecule has 0 spiro atoms. The topological polar surface area (TPSA) is 404 Å². The van der Waals surface area contributed by atoms with E-state index in [2.05, 4.69) is 17.9 Å². The van der Waals surface area contributed by atoms with E-state index in [0.29, 0.717) is 0 Å². The number of aliphatic carboxylic acids is 1. The number of hydrogen-bond donors (Lipinski definition) is 10. The first-order chi connectivity index (χ1) is 22.3. The van der Waals surface area contributed by atoms with Crippen molar-refractivity contribution >= 4 is 43.1 Å². The van der Waals surface area contributed by atoms with Gasteiger partial charge in [0.05, 0.1) is 12.7 Å². The van der Waals surface area contributed by atoms with Crippen LogP contribution in [0, 0.1) is 0 Å². The Labute approximate surface area is 276 Å². The summed E-state index contributed by atoms with van der Waals surface area (Å²) in [6.45, 7) is 0.581. The zero-order valence-corrected chi connectivity index (χ0v) is 27.1. The van der Waals surface area contributed by atoms with Gasteiger partial charge in [-0.15, -0.1) is 0 Å². The van der Waals surface area contributed by atoms with Gasteiger partial charge in [0.2, 0.25) is 5.91 Å². The third kappa shape index (κ3) is 11.1. The maximum Gasteiger partial charge on any atom is 0.397 e. The van der Waals surface area contributed by atoms with Crippen LogP contribution in [0.1, 0.15) is 13.8 Å². The van der Waals surface area contributed by atoms with Crippen LogP contribution in [0.25, 0.3) is 0 Å². The van der Waals surface area contributed by atoms with E-state index in [0.717, 1.165) is 13.8 Å². The molecule has 0 aromatic carbocycles. The van der Waals surface area contributed by atoms with Gasteiger partial charge in [-0.25, -0.2) is 17.3 Å². The standard InChI is InChI=1S/C20H33NO25S3/c1-4-12(45-48(33,34)35)8(23)9(24)19(40-4)43-15-10(25)16(17(27)28)44-20(11(15)26)42-14-7(21-5(2)22)18(29)41-6(3-39-47(30,31)32)13(14)46-49(36,37)38/h4,6-16,18-20,23-26,29H,3H2,1-2H3,(H,21,22)(H,27,28)(H,30,31,32)(H,33,34,35)(H,36,37,38)/t4-,6+,7+,8-,9-,10-,11+,12+,13-,14+,15-,16-,18+,19-,20+/m0/s1. The van der Waals surface area contributed by atoms with Gasteiger partial charge in [-0.1, -0.05) is 0 Å². The smallest absolute Gasteiger partial charge is 0.397 e. The predicted molar refractivity (Wildman–Crippen MR) is 143 cm³/mol. The van der Waals surface area contributed by atoms with Gasteiger partial charge in [-0.2, -0.15) is 25.3 Å². The van der Waals surface area contributed by atoms with Gasteiger partial charge in [0.1, 0.15) is 61.0 Å². The number of ether oxygens (including phenoxy) is 5. The van der Waals surface area contributed by atoms with Crippen molar-refractivity contribution in [2.75, 3.05) is 6.61 Å². The molecule has 15 atom stereocenters. The fourth-order valence-corrected chi connectivity index (χ4v) is 6.40. The van der Waals surface area contributed by atoms with Crippen LogP contribution < -0.4 is 5.32 Å². The lowest BCUT2D eigenvalue weighted by Crippen LogP contribution is -2.69. The predicted octanol–water partition coefficient (Wildman–Crippen LogP) is -6.83. The summed E-state index contributed by atoms with van der Waals surface area (Å²) in [7, 11) is -16.1. The molecule has 3 rings (SSSR count). The van der Waals surface area contributed by atoms with E-state index in [1.54, 1.807) is 0 Å². The molecule has 0 radical (unpaired) electrons. The Morgan fingerprint density at radius 3 is 1.73 bits per heavy atom. The van der Waals surface area contributed by atoms with Crippen LogP contribution in [0.3, 0.4) is 0 Å². The van der Waals surface area contributed by atoms with E-state index in [1.807, 2.05) is 0 Å². The van der Waals surface area contributed by atoms with E-state index in [1.165, 1.54) is 0 Å². The van der Waals surface area contributed by atoms with Gasteiger partial charge in [-0.3, -0.25) is 18.5 Å². The van der Waals surface area contributed by atoms with Crippen LogP contribution in [0.4, 0.5) is 0 Å². The van der Waals surface area contributed by atoms with Crippen LogP contribution in [-0.2, 0) is 77.0 Å². The van der Waals surface area contributed by atoms with Crippen LogP contribution in [0.15, 0.2) is 0 Å². The number of aliphatic hydroxyl groups excluding tert-OH is 5. The minimum Gasteiger partial charge on any atom is -0.479 e. The fraction of sp³-hybridized carbons (Fsp3) is 0.900. The molecule has 0 bridgehead atoms. The normalized spacial score (nSPS) is 40.8. The monoisotopic (exact) mass is 783 g/mol. The number of rotatable bonds is 13. The zero-order chi connectivity index (χ0) is 37.4. The average Bonchev–Trinajstić information content (AvgIpc) is 2.93. The molecule has 29 heteroatoms. The summed E-state index contributed by atoms with van der Waals surface area (Å²) in [6, 6.07) is -1.98. The molecular formula is C20H33NO25S3. The summed E-state index contributed by atoms with van der Waals surface area (Å²) in [4.78, 5) is 23.9. The van der Waals surface area contributed by atoms with Crippen LogP contribution in [0.2, 0.25) is 0 Å². The second-order valence-corrected chi connectivity index (χ2v) is 13.8. The van der Waals surface area contributed by atoms with E-state index in [4.69, 9.17) is 32.8 Å². The summed E-state index contributed by atoms with van der Waals surface area (Å²) in [6.07, 6.45) is -31.0. The van der Waals surface area contributed by atoms with Crippen molar-refractivity contribution in [3.05, 3.63) is 0 Å². The third-order valence-corrected chi connectivity index (χ3v) is 8.39. The SMILES string of the molecule is CC(=O)N[C@@H]1[C@@H](O[C@@H]2O[C@H](C(=O)O)[C@@H](O)[C@H](O[C@@H]3O[C@@H](C)[C@@H](OS(=O)(=O)O)[C@@H](O)[C@@H]3O)[C@H]2O)[C@@H](OS(=O)(=O)O)[C@@H](COS(=O)(=O)O)O[C@H]1O. The molecule has 3 aliphatic heterocycles. The van der Waals surface area contributed by atoms with E-state index >= 15 is 0 Å². The lowest BCUT2D eigenvalue weighted by molar-refractivity contribution is -0.365. The summed E-state index contributed by atoms with van der Waals surface area (Å²) in [5, 5.41) is 65.0. The third-order valence-electron chi connectivity index (χ3n) is 7.03. The number of hydrogen-bond acceptors (Lipinski definition) is 21. The molecule has 3 fully saturated rings. The highest BCUT2D eigenvalue weighted by atomic mass is 32.3. The average molecular weight is 784 g/mol. The van der Waals surface area contributed by atoms with Crippen molar-refractivity contribution in [1.82, 2.24) is 5.32 Å². The number of aliphatic hydroxyl groups is 5. The highest BCUT2D eigenvalue weighted by molar-refractivity contribution is 7.81. The Bertz CT molecular complexity index is 1510. The molecule has 10 N–H and O–H groups in total. The number of nitrogens with one attached hydrogen (secondary N) is 1. The van der Waals surface area contributed by atoms with E-state index < -0.39 is 142 Å². The molecule has 26 nitrogen and oxygen atoms in total. The minimum absolute atomic E-state index is 0.874. The van der Waals surface area contributed by atoms with E-state index in [-0.39, 0.29) is 0 Å². The molecule has 0 aromatic rings. The van der Waals surface area contributed by atoms with Gasteiger partial charge < -0.3 is 59.6 Å². The Morgan fingerprint density at radius 1 is 0.694 bits per heavy atom. The molecule has 0 aromatic heterocycles. The molecule has 0 unspecified atom stereocenters. The number of carbonyl (C=O) groups is 2. The Morgan fingerprint density at radius 2 is 1.22 bits per heavy atom. The molecular weight excluding hydrogens is 750 g/mol. The lowest BCUT2D eigenvalue weighted by atomic mass is 9.95. The summed E-state index contributed by atoms with van der Waals surface area (Å²) in [5.41, 5.74) is 0. The van der Waals surface area contributed by atoms with Crippen molar-refractivity contribution < 1.29 is 115 Å². The number of carboxylic acid groups (broad SMARTS) is 1. The summed E-state index contributed by atoms with van der Waals surface area (Å²) >= 11 is 0. The zero-order valence-electron chi connectivity index (χ0n) is 24.6. The molecule has 3 aliphatic rings. The second kappa shape index (κ2) is 15.8. The van der Waals surface area contributed by atoms with Crippen LogP contribution in [0.5, 0.6) is 0 Å². The van der Waals surface area contributed by atoms with Crippen molar-refractivity contribution in [1.29, 1.82) is 0 Å². The lowest BCUT2D eigenvalue weighted by Gasteiger charge is -2.48. The molecule has 3 saturated heterocycles. The number of carboxylic acids is 1. The van der Waals surface area contributed by atoms with Gasteiger partial charge in [-0.05, 0) is 6.92 Å². The van der Waals surface area contributed by atoms with Crippen molar-refractivity contribution in [2.45, 2.75) is 106 Å². The Balaban J connectivity index is 1.99. The first kappa shape index (κ1) is 41.6. The van der Waals surface area contributed by atoms with E-state index in [9.17, 15) is 70.0 Å². The number of carbonyl (C=O) groups excluding carboxylic acids is 1. The highest BCUT2D eigenvalue weighted by Crippen LogP contribution is 2.34. The van der Waals surface area contributed by atoms with Gasteiger partial charge in [0.25, 0.3) is 0 Å². The summed E-state index contributed by atoms with van der Waals surface area (Å²) < 4.78 is 135. The largest absolute Gasteiger partial charge is 0.479 e.